The summed E-state index contributed by atoms with van der Waals surface area (Å²) in [4.78, 5) is 4.08. The lowest BCUT2D eigenvalue weighted by Gasteiger charge is -2.11. The predicted octanol–water partition coefficient (Wildman–Crippen LogP) is 0.894. The Morgan fingerprint density at radius 2 is 2.50 bits per heavy atom. The highest BCUT2D eigenvalue weighted by Crippen LogP contribution is 2.17. The second-order valence-electron chi connectivity index (χ2n) is 4.39. The molecule has 2 atom stereocenters. The molecular formula is C11H20N4O. The number of nitrogens with zero attached hydrogens (tertiary/aromatic N) is 2. The van der Waals surface area contributed by atoms with Gasteiger partial charge < -0.3 is 10.1 Å². The second kappa shape index (κ2) is 5.96. The maximum absolute atomic E-state index is 5.72. The maximum atomic E-state index is 5.72. The van der Waals surface area contributed by atoms with Crippen LogP contribution in [0, 0.1) is 0 Å². The lowest BCUT2D eigenvalue weighted by molar-refractivity contribution is 0.0561. The molecule has 90 valence electrons. The van der Waals surface area contributed by atoms with Crippen LogP contribution in [-0.4, -0.2) is 40.5 Å². The van der Waals surface area contributed by atoms with E-state index in [2.05, 4.69) is 27.4 Å². The minimum absolute atomic E-state index is 0.417. The molecule has 1 aliphatic heterocycles. The van der Waals surface area contributed by atoms with Gasteiger partial charge in [-0.2, -0.15) is 5.10 Å². The normalized spacial score (nSPS) is 25.1. The zero-order valence-corrected chi connectivity index (χ0v) is 9.78. The van der Waals surface area contributed by atoms with Crippen LogP contribution in [0.1, 0.15) is 32.0 Å². The topological polar surface area (TPSA) is 62.8 Å². The highest BCUT2D eigenvalue weighted by molar-refractivity contribution is 4.80. The number of nitrogens with one attached hydrogen (secondary N) is 2. The monoisotopic (exact) mass is 224 g/mol. The van der Waals surface area contributed by atoms with E-state index in [0.29, 0.717) is 12.2 Å². The summed E-state index contributed by atoms with van der Waals surface area (Å²) in [5.74, 6) is 0.965. The second-order valence-corrected chi connectivity index (χ2v) is 4.39. The van der Waals surface area contributed by atoms with Gasteiger partial charge in [0, 0.05) is 13.0 Å². The molecule has 1 saturated heterocycles. The molecule has 0 saturated carbocycles. The van der Waals surface area contributed by atoms with Crippen molar-refractivity contribution in [3.63, 3.8) is 0 Å². The van der Waals surface area contributed by atoms with Crippen molar-refractivity contribution in [2.75, 3.05) is 13.1 Å². The van der Waals surface area contributed by atoms with E-state index in [1.807, 2.05) is 0 Å². The van der Waals surface area contributed by atoms with E-state index in [1.54, 1.807) is 6.33 Å². The fraction of sp³-hybridized carbons (Fsp3) is 0.818. The summed E-state index contributed by atoms with van der Waals surface area (Å²) in [5, 5.41) is 10.1. The van der Waals surface area contributed by atoms with Gasteiger partial charge in [0.15, 0.2) is 0 Å². The van der Waals surface area contributed by atoms with Crippen LogP contribution in [-0.2, 0) is 11.2 Å². The average molecular weight is 224 g/mol. The molecule has 1 aromatic rings. The summed E-state index contributed by atoms with van der Waals surface area (Å²) < 4.78 is 5.72. The highest BCUT2D eigenvalue weighted by atomic mass is 16.5. The molecule has 2 heterocycles. The summed E-state index contributed by atoms with van der Waals surface area (Å²) >= 11 is 0. The smallest absolute Gasteiger partial charge is 0.137 e. The van der Waals surface area contributed by atoms with E-state index in [-0.39, 0.29) is 0 Å². The standard InChI is InChI=1S/C11H20N4O/c1-9-4-5-10(16-9)7-12-6-2-3-11-13-8-14-15-11/h8-10,12H,2-7H2,1H3,(H,13,14,15). The fourth-order valence-electron chi connectivity index (χ4n) is 2.03. The molecule has 2 N–H and O–H groups in total. The molecule has 0 spiro atoms. The number of H-pyrrole nitrogens is 1. The summed E-state index contributed by atoms with van der Waals surface area (Å²) in [6, 6.07) is 0. The van der Waals surface area contributed by atoms with E-state index in [4.69, 9.17) is 4.74 Å². The number of aromatic nitrogens is 3. The number of aryl methyl sites for hydroxylation is 1. The van der Waals surface area contributed by atoms with Crippen molar-refractivity contribution in [2.24, 2.45) is 0 Å². The van der Waals surface area contributed by atoms with Crippen LogP contribution in [0.5, 0.6) is 0 Å². The van der Waals surface area contributed by atoms with Crippen LogP contribution < -0.4 is 5.32 Å². The molecule has 0 aliphatic carbocycles. The number of hydrogen-bond donors (Lipinski definition) is 2. The van der Waals surface area contributed by atoms with Crippen molar-refractivity contribution in [3.05, 3.63) is 12.2 Å². The van der Waals surface area contributed by atoms with Gasteiger partial charge in [0.2, 0.25) is 0 Å². The van der Waals surface area contributed by atoms with E-state index in [0.717, 1.165) is 31.8 Å². The van der Waals surface area contributed by atoms with E-state index < -0.39 is 0 Å². The molecule has 0 bridgehead atoms. The SMILES string of the molecule is CC1CCC(CNCCCc2ncn[nH]2)O1. The quantitative estimate of drug-likeness (QED) is 0.705. The van der Waals surface area contributed by atoms with Gasteiger partial charge in [-0.25, -0.2) is 4.98 Å². The molecule has 5 heteroatoms. The molecule has 0 amide bonds. The molecule has 5 nitrogen and oxygen atoms in total. The zero-order valence-electron chi connectivity index (χ0n) is 9.78. The largest absolute Gasteiger partial charge is 0.374 e. The predicted molar refractivity (Wildman–Crippen MR) is 61.1 cm³/mol. The first-order valence-corrected chi connectivity index (χ1v) is 6.05. The third kappa shape index (κ3) is 3.57. The van der Waals surface area contributed by atoms with Crippen molar-refractivity contribution in [3.8, 4) is 0 Å². The molecule has 2 unspecified atom stereocenters. The number of aromatic amines is 1. The van der Waals surface area contributed by atoms with E-state index in [9.17, 15) is 0 Å². The zero-order chi connectivity index (χ0) is 11.2. The Kier molecular flexibility index (Phi) is 4.30. The summed E-state index contributed by atoms with van der Waals surface area (Å²) in [6.07, 6.45) is 6.84. The first kappa shape index (κ1) is 11.5. The van der Waals surface area contributed by atoms with E-state index in [1.165, 1.54) is 12.8 Å². The van der Waals surface area contributed by atoms with Crippen LogP contribution in [0.15, 0.2) is 6.33 Å². The van der Waals surface area contributed by atoms with Gasteiger partial charge in [-0.15, -0.1) is 0 Å². The van der Waals surface area contributed by atoms with Gasteiger partial charge in [-0.05, 0) is 32.7 Å². The fourth-order valence-corrected chi connectivity index (χ4v) is 2.03. The van der Waals surface area contributed by atoms with Gasteiger partial charge in [-0.3, -0.25) is 5.10 Å². The third-order valence-corrected chi connectivity index (χ3v) is 2.92. The average Bonchev–Trinajstić information content (AvgIpc) is 2.89. The lowest BCUT2D eigenvalue weighted by atomic mass is 10.2. The number of ether oxygens (including phenoxy) is 1. The van der Waals surface area contributed by atoms with Crippen molar-refractivity contribution < 1.29 is 4.74 Å². The molecule has 1 fully saturated rings. The maximum Gasteiger partial charge on any atom is 0.137 e. The third-order valence-electron chi connectivity index (χ3n) is 2.92. The first-order chi connectivity index (χ1) is 7.84. The Bertz CT molecular complexity index is 288. The molecule has 1 aliphatic rings. The summed E-state index contributed by atoms with van der Waals surface area (Å²) in [5.41, 5.74) is 0. The minimum atomic E-state index is 0.417. The Labute approximate surface area is 96.0 Å². The van der Waals surface area contributed by atoms with E-state index >= 15 is 0 Å². The van der Waals surface area contributed by atoms with Gasteiger partial charge in [0.1, 0.15) is 12.2 Å². The minimum Gasteiger partial charge on any atom is -0.374 e. The van der Waals surface area contributed by atoms with Crippen molar-refractivity contribution in [2.45, 2.75) is 44.8 Å². The van der Waals surface area contributed by atoms with Gasteiger partial charge >= 0.3 is 0 Å². The molecule has 0 aromatic carbocycles. The van der Waals surface area contributed by atoms with Crippen molar-refractivity contribution in [1.29, 1.82) is 0 Å². The summed E-state index contributed by atoms with van der Waals surface area (Å²) in [6.45, 7) is 4.12. The summed E-state index contributed by atoms with van der Waals surface area (Å²) in [7, 11) is 0. The van der Waals surface area contributed by atoms with Crippen LogP contribution in [0.25, 0.3) is 0 Å². The Balaban J connectivity index is 1.49. The molecule has 16 heavy (non-hydrogen) atoms. The number of rotatable bonds is 6. The molecule has 1 aromatic heterocycles. The highest BCUT2D eigenvalue weighted by Gasteiger charge is 2.20. The number of hydrogen-bond acceptors (Lipinski definition) is 4. The Morgan fingerprint density at radius 3 is 3.19 bits per heavy atom. The van der Waals surface area contributed by atoms with Crippen LogP contribution >= 0.6 is 0 Å². The molecular weight excluding hydrogens is 204 g/mol. The molecule has 2 rings (SSSR count). The Morgan fingerprint density at radius 1 is 1.56 bits per heavy atom. The van der Waals surface area contributed by atoms with Crippen molar-refractivity contribution in [1.82, 2.24) is 20.5 Å². The Hall–Kier alpha value is -0.940. The van der Waals surface area contributed by atoms with Gasteiger partial charge in [-0.1, -0.05) is 0 Å². The lowest BCUT2D eigenvalue weighted by Crippen LogP contribution is -2.27. The first-order valence-electron chi connectivity index (χ1n) is 6.05. The van der Waals surface area contributed by atoms with Crippen LogP contribution in [0.4, 0.5) is 0 Å². The van der Waals surface area contributed by atoms with Gasteiger partial charge in [0.25, 0.3) is 0 Å². The van der Waals surface area contributed by atoms with Gasteiger partial charge in [0.05, 0.1) is 12.2 Å². The van der Waals surface area contributed by atoms with Crippen LogP contribution in [0.2, 0.25) is 0 Å². The van der Waals surface area contributed by atoms with Crippen LogP contribution in [0.3, 0.4) is 0 Å². The molecule has 0 radical (unpaired) electrons. The van der Waals surface area contributed by atoms with Crippen molar-refractivity contribution >= 4 is 0 Å².